The molecule has 1 aromatic carbocycles. The van der Waals surface area contributed by atoms with E-state index in [9.17, 15) is 0 Å². The van der Waals surface area contributed by atoms with Gasteiger partial charge in [-0.3, -0.25) is 0 Å². The topological polar surface area (TPSA) is 66.0 Å². The maximum atomic E-state index is 4.69. The predicted molar refractivity (Wildman–Crippen MR) is 121 cm³/mol. The van der Waals surface area contributed by atoms with Crippen molar-refractivity contribution in [3.8, 4) is 10.6 Å². The first kappa shape index (κ1) is 19.0. The average Bonchev–Trinajstić information content (AvgIpc) is 3.10. The minimum absolute atomic E-state index is 0.595. The smallest absolute Gasteiger partial charge is 0.227 e. The number of benzene rings is 1. The average molecular weight is 413 g/mol. The van der Waals surface area contributed by atoms with Crippen molar-refractivity contribution in [1.82, 2.24) is 15.0 Å². The summed E-state index contributed by atoms with van der Waals surface area (Å²) in [6.07, 6.45) is 1.79. The maximum Gasteiger partial charge on any atom is 0.227 e. The third-order valence-electron chi connectivity index (χ3n) is 4.51. The number of anilines is 4. The Hall–Kier alpha value is -2.32. The lowest BCUT2D eigenvalue weighted by Crippen LogP contribution is -2.32. The van der Waals surface area contributed by atoms with E-state index in [0.717, 1.165) is 46.7 Å². The highest BCUT2D eigenvalue weighted by atomic mass is 32.2. The third-order valence-corrected chi connectivity index (χ3v) is 6.59. The molecule has 1 saturated heterocycles. The number of nitrogens with zero attached hydrogens (tertiary/aromatic N) is 4. The van der Waals surface area contributed by atoms with E-state index in [1.165, 1.54) is 17.2 Å². The molecule has 0 saturated carbocycles. The van der Waals surface area contributed by atoms with Crippen LogP contribution < -0.4 is 15.5 Å². The number of nitrogens with one attached hydrogen (secondary N) is 2. The van der Waals surface area contributed by atoms with Crippen LogP contribution in [0.5, 0.6) is 0 Å². The van der Waals surface area contributed by atoms with E-state index < -0.39 is 0 Å². The van der Waals surface area contributed by atoms with Gasteiger partial charge >= 0.3 is 0 Å². The van der Waals surface area contributed by atoms with Crippen molar-refractivity contribution in [2.75, 3.05) is 46.7 Å². The number of aryl methyl sites for hydroxylation is 1. The number of thiazole rings is 1. The largest absolute Gasteiger partial charge is 0.370 e. The predicted octanol–water partition coefficient (Wildman–Crippen LogP) is 4.64. The van der Waals surface area contributed by atoms with E-state index >= 15 is 0 Å². The van der Waals surface area contributed by atoms with Gasteiger partial charge in [-0.25, -0.2) is 15.0 Å². The van der Waals surface area contributed by atoms with Gasteiger partial charge in [0.05, 0.1) is 16.3 Å². The Balaban J connectivity index is 1.49. The van der Waals surface area contributed by atoms with E-state index in [1.807, 2.05) is 24.8 Å². The van der Waals surface area contributed by atoms with Crippen molar-refractivity contribution in [3.05, 3.63) is 42.2 Å². The summed E-state index contributed by atoms with van der Waals surface area (Å²) in [6.45, 7) is 7.17. The van der Waals surface area contributed by atoms with Crippen molar-refractivity contribution < 1.29 is 0 Å². The summed E-state index contributed by atoms with van der Waals surface area (Å²) in [5.74, 6) is 3.00. The molecule has 0 aliphatic carbocycles. The summed E-state index contributed by atoms with van der Waals surface area (Å²) in [6, 6.07) is 10.4. The quantitative estimate of drug-likeness (QED) is 0.611. The highest BCUT2D eigenvalue weighted by molar-refractivity contribution is 7.99. The van der Waals surface area contributed by atoms with Gasteiger partial charge in [0, 0.05) is 48.7 Å². The van der Waals surface area contributed by atoms with E-state index in [4.69, 9.17) is 4.98 Å². The first-order valence-corrected chi connectivity index (χ1v) is 11.4. The van der Waals surface area contributed by atoms with Crippen molar-refractivity contribution in [2.45, 2.75) is 13.8 Å². The molecular formula is C20H24N6S2. The Morgan fingerprint density at radius 1 is 1.07 bits per heavy atom. The summed E-state index contributed by atoms with van der Waals surface area (Å²) < 4.78 is 0. The number of thioether (sulfide) groups is 1. The van der Waals surface area contributed by atoms with Crippen LogP contribution in [0, 0.1) is 6.92 Å². The van der Waals surface area contributed by atoms with Crippen molar-refractivity contribution in [1.29, 1.82) is 0 Å². The van der Waals surface area contributed by atoms with E-state index in [1.54, 1.807) is 17.5 Å². The van der Waals surface area contributed by atoms with Gasteiger partial charge in [-0.2, -0.15) is 11.8 Å². The molecular weight excluding hydrogens is 388 g/mol. The summed E-state index contributed by atoms with van der Waals surface area (Å²) in [7, 11) is 0. The second kappa shape index (κ2) is 8.79. The Kier molecular flexibility index (Phi) is 5.97. The van der Waals surface area contributed by atoms with Gasteiger partial charge < -0.3 is 15.5 Å². The SMILES string of the molecule is CCNc1nc(C)c(-c2ccnc(Nc3ccc(N4CCSCC4)cc3)n2)s1. The molecule has 4 rings (SSSR count). The lowest BCUT2D eigenvalue weighted by Gasteiger charge is -2.28. The fraction of sp³-hybridized carbons (Fsp3) is 0.350. The normalized spacial score (nSPS) is 14.1. The van der Waals surface area contributed by atoms with Gasteiger partial charge in [0.25, 0.3) is 0 Å². The zero-order valence-electron chi connectivity index (χ0n) is 16.1. The molecule has 6 nitrogen and oxygen atoms in total. The molecule has 2 N–H and O–H groups in total. The van der Waals surface area contributed by atoms with Gasteiger partial charge in [0.15, 0.2) is 5.13 Å². The van der Waals surface area contributed by atoms with Crippen molar-refractivity contribution in [2.24, 2.45) is 0 Å². The molecule has 146 valence electrons. The fourth-order valence-corrected chi connectivity index (χ4v) is 5.02. The molecule has 0 radical (unpaired) electrons. The molecule has 1 fully saturated rings. The van der Waals surface area contributed by atoms with Gasteiger partial charge in [0.1, 0.15) is 0 Å². The number of aromatic nitrogens is 3. The summed E-state index contributed by atoms with van der Waals surface area (Å²) in [5, 5.41) is 7.51. The highest BCUT2D eigenvalue weighted by Crippen LogP contribution is 2.32. The summed E-state index contributed by atoms with van der Waals surface area (Å²) in [5.41, 5.74) is 4.13. The van der Waals surface area contributed by atoms with Gasteiger partial charge in [-0.15, -0.1) is 0 Å². The first-order valence-electron chi connectivity index (χ1n) is 9.47. The van der Waals surface area contributed by atoms with Crippen LogP contribution in [0.15, 0.2) is 36.5 Å². The molecule has 0 atom stereocenters. The summed E-state index contributed by atoms with van der Waals surface area (Å²) in [4.78, 5) is 17.1. The third kappa shape index (κ3) is 4.39. The molecule has 1 aliphatic heterocycles. The Labute approximate surface area is 173 Å². The highest BCUT2D eigenvalue weighted by Gasteiger charge is 2.13. The lowest BCUT2D eigenvalue weighted by molar-refractivity contribution is 0.859. The molecule has 0 amide bonds. The van der Waals surface area contributed by atoms with Crippen LogP contribution in [0.4, 0.5) is 22.5 Å². The molecule has 8 heteroatoms. The van der Waals surface area contributed by atoms with Crippen LogP contribution in [-0.2, 0) is 0 Å². The van der Waals surface area contributed by atoms with E-state index in [2.05, 4.69) is 56.7 Å². The van der Waals surface area contributed by atoms with Crippen LogP contribution in [0.1, 0.15) is 12.6 Å². The summed E-state index contributed by atoms with van der Waals surface area (Å²) >= 11 is 3.65. The van der Waals surface area contributed by atoms with Gasteiger partial charge in [-0.1, -0.05) is 11.3 Å². The first-order chi connectivity index (χ1) is 13.7. The van der Waals surface area contributed by atoms with Crippen molar-refractivity contribution in [3.63, 3.8) is 0 Å². The molecule has 2 aromatic heterocycles. The molecule has 3 aromatic rings. The van der Waals surface area contributed by atoms with Crippen LogP contribution in [0.2, 0.25) is 0 Å². The van der Waals surface area contributed by atoms with Crippen LogP contribution in [-0.4, -0.2) is 46.1 Å². The Morgan fingerprint density at radius 3 is 2.61 bits per heavy atom. The zero-order chi connectivity index (χ0) is 19.3. The minimum Gasteiger partial charge on any atom is -0.370 e. The van der Waals surface area contributed by atoms with Gasteiger partial charge in [0.2, 0.25) is 5.95 Å². The van der Waals surface area contributed by atoms with Gasteiger partial charge in [-0.05, 0) is 44.2 Å². The minimum atomic E-state index is 0.595. The molecule has 0 bridgehead atoms. The standard InChI is InChI=1S/C20H24N6S2/c1-3-21-20-23-14(2)18(28-20)17-8-9-22-19(25-17)24-15-4-6-16(7-5-15)26-10-12-27-13-11-26/h4-9H,3,10-13H2,1-2H3,(H,21,23)(H,22,24,25). The van der Waals surface area contributed by atoms with Crippen LogP contribution in [0.25, 0.3) is 10.6 Å². The lowest BCUT2D eigenvalue weighted by atomic mass is 10.2. The zero-order valence-corrected chi connectivity index (χ0v) is 17.7. The fourth-order valence-electron chi connectivity index (χ4n) is 3.11. The molecule has 1 aliphatic rings. The molecule has 3 heterocycles. The molecule has 28 heavy (non-hydrogen) atoms. The van der Waals surface area contributed by atoms with Crippen LogP contribution in [0.3, 0.4) is 0 Å². The second-order valence-corrected chi connectivity index (χ2v) is 8.72. The number of hydrogen-bond donors (Lipinski definition) is 2. The number of hydrogen-bond acceptors (Lipinski definition) is 8. The van der Waals surface area contributed by atoms with E-state index in [-0.39, 0.29) is 0 Å². The maximum absolute atomic E-state index is 4.69. The molecule has 0 unspecified atom stereocenters. The van der Waals surface area contributed by atoms with Crippen LogP contribution >= 0.6 is 23.1 Å². The number of rotatable bonds is 6. The van der Waals surface area contributed by atoms with Crippen molar-refractivity contribution >= 4 is 45.6 Å². The Bertz CT molecular complexity index is 919. The monoisotopic (exact) mass is 412 g/mol. The molecule has 0 spiro atoms. The van der Waals surface area contributed by atoms with E-state index in [0.29, 0.717) is 5.95 Å². The Morgan fingerprint density at radius 2 is 1.86 bits per heavy atom. The second-order valence-electron chi connectivity index (χ2n) is 6.50.